The van der Waals surface area contributed by atoms with Crippen LogP contribution in [-0.2, 0) is 0 Å². The highest BCUT2D eigenvalue weighted by atomic mass is 32.1. The summed E-state index contributed by atoms with van der Waals surface area (Å²) < 4.78 is 44.0. The van der Waals surface area contributed by atoms with E-state index in [-0.39, 0.29) is 42.6 Å². The number of carbonyl (C=O) groups excluding carboxylic acids is 1. The molecule has 1 unspecified atom stereocenters. The first-order chi connectivity index (χ1) is 18.7. The van der Waals surface area contributed by atoms with Gasteiger partial charge in [-0.3, -0.25) is 14.2 Å². The Bertz CT molecular complexity index is 1600. The second-order valence-corrected chi connectivity index (χ2v) is 10.3. The molecule has 39 heavy (non-hydrogen) atoms. The summed E-state index contributed by atoms with van der Waals surface area (Å²) in [4.78, 5) is 36.7. The van der Waals surface area contributed by atoms with E-state index in [4.69, 9.17) is 0 Å². The van der Waals surface area contributed by atoms with E-state index in [1.807, 2.05) is 0 Å². The molecule has 2 atom stereocenters. The number of benzene rings is 2. The van der Waals surface area contributed by atoms with E-state index < -0.39 is 40.6 Å². The molecule has 1 saturated heterocycles. The summed E-state index contributed by atoms with van der Waals surface area (Å²) in [6, 6.07) is 8.44. The van der Waals surface area contributed by atoms with E-state index in [1.165, 1.54) is 26.9 Å². The molecule has 1 amide bonds. The summed E-state index contributed by atoms with van der Waals surface area (Å²) in [5, 5.41) is 13.5. The second kappa shape index (κ2) is 10.6. The van der Waals surface area contributed by atoms with Gasteiger partial charge in [0, 0.05) is 36.1 Å². The zero-order valence-corrected chi connectivity index (χ0v) is 22.0. The zero-order chi connectivity index (χ0) is 27.8. The molecule has 0 spiro atoms. The number of halogens is 3. The van der Waals surface area contributed by atoms with Crippen molar-refractivity contribution in [2.24, 2.45) is 0 Å². The molecular weight excluding hydrogens is 529 g/mol. The Morgan fingerprint density at radius 1 is 1.15 bits per heavy atom. The van der Waals surface area contributed by atoms with Crippen molar-refractivity contribution in [3.63, 3.8) is 0 Å². The van der Waals surface area contributed by atoms with Crippen molar-refractivity contribution in [3.05, 3.63) is 98.0 Å². The van der Waals surface area contributed by atoms with Crippen LogP contribution < -0.4 is 5.56 Å². The Hall–Kier alpha value is -3.99. The number of aryl methyl sites for hydroxylation is 1. The largest absolute Gasteiger partial charge is 0.494 e. The van der Waals surface area contributed by atoms with Crippen molar-refractivity contribution in [1.82, 2.24) is 19.4 Å². The molecule has 202 valence electrons. The third kappa shape index (κ3) is 5.06. The number of hydrogen-bond donors (Lipinski definition) is 1. The Kier molecular flexibility index (Phi) is 7.26. The van der Waals surface area contributed by atoms with E-state index in [9.17, 15) is 27.9 Å². The van der Waals surface area contributed by atoms with Gasteiger partial charge in [0.25, 0.3) is 11.5 Å². The number of amides is 1. The van der Waals surface area contributed by atoms with Crippen LogP contribution in [0.25, 0.3) is 10.8 Å². The Morgan fingerprint density at radius 3 is 2.51 bits per heavy atom. The maximum Gasteiger partial charge on any atom is 0.290 e. The summed E-state index contributed by atoms with van der Waals surface area (Å²) in [5.74, 6) is -3.71. The fourth-order valence-electron chi connectivity index (χ4n) is 5.11. The van der Waals surface area contributed by atoms with Gasteiger partial charge in [-0.2, -0.15) is 4.98 Å². The first-order valence-corrected chi connectivity index (χ1v) is 13.3. The van der Waals surface area contributed by atoms with Crippen LogP contribution in [0.4, 0.5) is 13.2 Å². The smallest absolute Gasteiger partial charge is 0.290 e. The molecule has 0 bridgehead atoms. The SMILES string of the molecule is CC[C@@H](c1cc(F)cc(F)c1)n1c(-c2nc(C)cs2)nc(=O)c(C(=O)N2CCC(c3ccccc3F)C2)c1O. The van der Waals surface area contributed by atoms with Gasteiger partial charge in [0.05, 0.1) is 6.04 Å². The van der Waals surface area contributed by atoms with Gasteiger partial charge in [-0.05, 0) is 49.1 Å². The molecule has 2 aromatic carbocycles. The Morgan fingerprint density at radius 2 is 1.87 bits per heavy atom. The molecule has 1 aliphatic heterocycles. The monoisotopic (exact) mass is 554 g/mol. The van der Waals surface area contributed by atoms with Gasteiger partial charge < -0.3 is 10.0 Å². The zero-order valence-electron chi connectivity index (χ0n) is 21.2. The van der Waals surface area contributed by atoms with Crippen molar-refractivity contribution in [3.8, 4) is 16.7 Å². The summed E-state index contributed by atoms with van der Waals surface area (Å²) in [6.45, 7) is 3.89. The highest BCUT2D eigenvalue weighted by Crippen LogP contribution is 2.36. The third-order valence-electron chi connectivity index (χ3n) is 6.91. The van der Waals surface area contributed by atoms with Crippen molar-refractivity contribution in [2.45, 2.75) is 38.6 Å². The maximum absolute atomic E-state index is 14.4. The quantitative estimate of drug-likeness (QED) is 0.344. The summed E-state index contributed by atoms with van der Waals surface area (Å²) in [6.07, 6.45) is 0.719. The van der Waals surface area contributed by atoms with Gasteiger partial charge >= 0.3 is 0 Å². The Labute approximate surface area is 226 Å². The topological polar surface area (TPSA) is 88.3 Å². The number of nitrogens with zero attached hydrogens (tertiary/aromatic N) is 4. The highest BCUT2D eigenvalue weighted by Gasteiger charge is 2.35. The minimum atomic E-state index is -0.953. The fourth-order valence-corrected chi connectivity index (χ4v) is 5.89. The Balaban J connectivity index is 1.61. The number of aromatic nitrogens is 3. The average Bonchev–Trinajstić information content (AvgIpc) is 3.55. The molecule has 7 nitrogen and oxygen atoms in total. The molecule has 11 heteroatoms. The molecule has 5 rings (SSSR count). The van der Waals surface area contributed by atoms with Crippen molar-refractivity contribution in [2.75, 3.05) is 13.1 Å². The van der Waals surface area contributed by atoms with Gasteiger partial charge in [0.15, 0.2) is 16.4 Å². The van der Waals surface area contributed by atoms with E-state index in [0.717, 1.165) is 18.2 Å². The van der Waals surface area contributed by atoms with Gasteiger partial charge in [-0.15, -0.1) is 11.3 Å². The molecule has 4 aromatic rings. The van der Waals surface area contributed by atoms with Gasteiger partial charge in [0.2, 0.25) is 5.88 Å². The molecule has 1 fully saturated rings. The molecule has 2 aromatic heterocycles. The first kappa shape index (κ1) is 26.6. The third-order valence-corrected chi connectivity index (χ3v) is 7.87. The van der Waals surface area contributed by atoms with Crippen LogP contribution in [0.5, 0.6) is 5.88 Å². The summed E-state index contributed by atoms with van der Waals surface area (Å²) >= 11 is 1.18. The fraction of sp³-hybridized carbons (Fsp3) is 0.286. The standard InChI is InChI=1S/C28H25F3N4O3S/c1-3-22(17-10-18(29)12-19(30)11-17)35-24(26-32-15(2)14-39-26)33-25(36)23(28(35)38)27(37)34-9-8-16(13-34)20-6-4-5-7-21(20)31/h4-7,10-12,14,16,22,38H,3,8-9,13H2,1-2H3/t16?,22-/m0/s1. The van der Waals surface area contributed by atoms with Crippen molar-refractivity contribution >= 4 is 17.2 Å². The normalized spacial score (nSPS) is 16.0. The number of carbonyl (C=O) groups is 1. The number of likely N-dealkylation sites (tertiary alicyclic amines) is 1. The molecule has 1 N–H and O–H groups in total. The van der Waals surface area contributed by atoms with Crippen LogP contribution in [0.3, 0.4) is 0 Å². The predicted molar refractivity (Wildman–Crippen MR) is 140 cm³/mol. The number of rotatable bonds is 6. The van der Waals surface area contributed by atoms with Gasteiger partial charge in [-0.25, -0.2) is 18.2 Å². The lowest BCUT2D eigenvalue weighted by Crippen LogP contribution is -2.35. The lowest BCUT2D eigenvalue weighted by molar-refractivity contribution is 0.0783. The van der Waals surface area contributed by atoms with Crippen LogP contribution in [0, 0.1) is 24.4 Å². The molecule has 0 saturated carbocycles. The van der Waals surface area contributed by atoms with Crippen LogP contribution >= 0.6 is 11.3 Å². The van der Waals surface area contributed by atoms with E-state index in [0.29, 0.717) is 22.7 Å². The number of aromatic hydroxyl groups is 1. The summed E-state index contributed by atoms with van der Waals surface area (Å²) in [7, 11) is 0. The second-order valence-electron chi connectivity index (χ2n) is 9.49. The highest BCUT2D eigenvalue weighted by molar-refractivity contribution is 7.13. The van der Waals surface area contributed by atoms with Crippen LogP contribution in [0.2, 0.25) is 0 Å². The van der Waals surface area contributed by atoms with Crippen LogP contribution in [-0.4, -0.2) is 43.5 Å². The van der Waals surface area contributed by atoms with Crippen LogP contribution in [0.15, 0.2) is 52.6 Å². The first-order valence-electron chi connectivity index (χ1n) is 12.5. The van der Waals surface area contributed by atoms with Crippen molar-refractivity contribution in [1.29, 1.82) is 0 Å². The minimum Gasteiger partial charge on any atom is -0.494 e. The maximum atomic E-state index is 14.4. The molecular formula is C28H25F3N4O3S. The summed E-state index contributed by atoms with van der Waals surface area (Å²) in [5.41, 5.74) is -0.204. The molecule has 3 heterocycles. The van der Waals surface area contributed by atoms with Gasteiger partial charge in [0.1, 0.15) is 17.5 Å². The number of thiazole rings is 1. The van der Waals surface area contributed by atoms with E-state index in [2.05, 4.69) is 9.97 Å². The molecule has 0 aliphatic carbocycles. The van der Waals surface area contributed by atoms with Crippen LogP contribution in [0.1, 0.15) is 58.9 Å². The minimum absolute atomic E-state index is 0.0191. The van der Waals surface area contributed by atoms with E-state index >= 15 is 0 Å². The van der Waals surface area contributed by atoms with E-state index in [1.54, 1.807) is 37.4 Å². The average molecular weight is 555 g/mol. The lowest BCUT2D eigenvalue weighted by atomic mass is 9.98. The molecule has 1 aliphatic rings. The van der Waals surface area contributed by atoms with Gasteiger partial charge in [-0.1, -0.05) is 25.1 Å². The molecule has 0 radical (unpaired) electrons. The number of hydrogen-bond acceptors (Lipinski definition) is 6. The lowest BCUT2D eigenvalue weighted by Gasteiger charge is -2.25. The van der Waals surface area contributed by atoms with Crippen molar-refractivity contribution < 1.29 is 23.1 Å². The predicted octanol–water partition coefficient (Wildman–Crippen LogP) is 5.43.